The third kappa shape index (κ3) is 2.29. The quantitative estimate of drug-likeness (QED) is 0.904. The molecule has 1 saturated heterocycles. The average molecular weight is 272 g/mol. The van der Waals surface area contributed by atoms with Crippen LogP contribution in [-0.4, -0.2) is 38.8 Å². The van der Waals surface area contributed by atoms with E-state index in [1.54, 1.807) is 6.20 Å². The summed E-state index contributed by atoms with van der Waals surface area (Å²) >= 11 is 0. The van der Waals surface area contributed by atoms with E-state index in [1.807, 2.05) is 40.8 Å². The van der Waals surface area contributed by atoms with Gasteiger partial charge in [0.2, 0.25) is 0 Å². The Balaban J connectivity index is 1.89. The Morgan fingerprint density at radius 1 is 1.45 bits per heavy atom. The molecule has 5 nitrogen and oxygen atoms in total. The van der Waals surface area contributed by atoms with Crippen molar-refractivity contribution in [1.82, 2.24) is 14.3 Å². The number of carbonyl (C=O) groups excluding carboxylic acids is 1. The molecule has 3 rings (SSSR count). The average Bonchev–Trinajstić information content (AvgIpc) is 2.93. The Kier molecular flexibility index (Phi) is 3.44. The molecule has 1 amide bonds. The van der Waals surface area contributed by atoms with Gasteiger partial charge in [-0.05, 0) is 38.3 Å². The normalized spacial score (nSPS) is 21.1. The minimum Gasteiger partial charge on any atom is -0.334 e. The van der Waals surface area contributed by atoms with Crippen LogP contribution in [0.5, 0.6) is 0 Å². The number of imidazole rings is 1. The molecule has 0 aliphatic carbocycles. The van der Waals surface area contributed by atoms with Crippen LogP contribution < -0.4 is 5.73 Å². The van der Waals surface area contributed by atoms with Gasteiger partial charge in [0.15, 0.2) is 0 Å². The van der Waals surface area contributed by atoms with Gasteiger partial charge in [0, 0.05) is 37.2 Å². The predicted molar refractivity (Wildman–Crippen MR) is 77.5 cm³/mol. The lowest BCUT2D eigenvalue weighted by Gasteiger charge is -2.38. The van der Waals surface area contributed by atoms with Crippen LogP contribution in [-0.2, 0) is 0 Å². The van der Waals surface area contributed by atoms with Crippen molar-refractivity contribution in [2.45, 2.75) is 38.3 Å². The highest BCUT2D eigenvalue weighted by Gasteiger charge is 2.29. The molecule has 0 radical (unpaired) electrons. The van der Waals surface area contributed by atoms with Gasteiger partial charge in [0.25, 0.3) is 5.91 Å². The minimum atomic E-state index is 0.0104. The van der Waals surface area contributed by atoms with E-state index in [-0.39, 0.29) is 18.0 Å². The molecule has 0 spiro atoms. The number of nitrogens with zero attached hydrogens (tertiary/aromatic N) is 3. The Labute approximate surface area is 118 Å². The molecular weight excluding hydrogens is 252 g/mol. The van der Waals surface area contributed by atoms with Crippen molar-refractivity contribution < 1.29 is 4.79 Å². The summed E-state index contributed by atoms with van der Waals surface area (Å²) in [5.41, 5.74) is 7.59. The lowest BCUT2D eigenvalue weighted by molar-refractivity contribution is 0.0583. The number of hydrogen-bond acceptors (Lipinski definition) is 3. The van der Waals surface area contributed by atoms with E-state index in [9.17, 15) is 4.79 Å². The minimum absolute atomic E-state index is 0.0104. The Morgan fingerprint density at radius 3 is 3.10 bits per heavy atom. The van der Waals surface area contributed by atoms with E-state index in [0.717, 1.165) is 31.5 Å². The van der Waals surface area contributed by atoms with Crippen molar-refractivity contribution in [3.63, 3.8) is 0 Å². The Bertz CT molecular complexity index is 619. The van der Waals surface area contributed by atoms with Crippen molar-refractivity contribution in [2.75, 3.05) is 6.54 Å². The maximum absolute atomic E-state index is 12.7. The van der Waals surface area contributed by atoms with E-state index in [1.165, 1.54) is 0 Å². The van der Waals surface area contributed by atoms with Gasteiger partial charge in [-0.15, -0.1) is 0 Å². The molecule has 106 valence electrons. The molecule has 5 heteroatoms. The standard InChI is InChI=1S/C15H20N4O/c1-11(16)13-4-2-3-8-19(13)15(20)12-5-6-14-17-7-9-18(14)10-12/h5-7,9-11,13H,2-4,8,16H2,1H3/t11-,13-/m0/s1. The molecule has 0 aromatic carbocycles. The van der Waals surface area contributed by atoms with E-state index < -0.39 is 0 Å². The van der Waals surface area contributed by atoms with Gasteiger partial charge in [0.1, 0.15) is 5.65 Å². The summed E-state index contributed by atoms with van der Waals surface area (Å²) in [6, 6.07) is 3.88. The van der Waals surface area contributed by atoms with Crippen molar-refractivity contribution in [3.05, 3.63) is 36.3 Å². The van der Waals surface area contributed by atoms with Gasteiger partial charge in [-0.3, -0.25) is 4.79 Å². The number of pyridine rings is 1. The van der Waals surface area contributed by atoms with Crippen LogP contribution in [0.2, 0.25) is 0 Å². The predicted octanol–water partition coefficient (Wildman–Crippen LogP) is 1.68. The first-order valence-electron chi connectivity index (χ1n) is 7.16. The van der Waals surface area contributed by atoms with Gasteiger partial charge in [-0.1, -0.05) is 0 Å². The largest absolute Gasteiger partial charge is 0.334 e. The highest BCUT2D eigenvalue weighted by Crippen LogP contribution is 2.21. The van der Waals surface area contributed by atoms with Gasteiger partial charge < -0.3 is 15.0 Å². The summed E-state index contributed by atoms with van der Waals surface area (Å²) < 4.78 is 1.87. The molecule has 0 saturated carbocycles. The van der Waals surface area contributed by atoms with E-state index in [4.69, 9.17) is 5.73 Å². The molecule has 3 heterocycles. The zero-order valence-electron chi connectivity index (χ0n) is 11.7. The lowest BCUT2D eigenvalue weighted by Crippen LogP contribution is -2.51. The molecule has 2 atom stereocenters. The van der Waals surface area contributed by atoms with Crippen LogP contribution in [0.15, 0.2) is 30.7 Å². The lowest BCUT2D eigenvalue weighted by atomic mass is 9.96. The number of nitrogens with two attached hydrogens (primary N) is 1. The number of amides is 1. The zero-order valence-corrected chi connectivity index (χ0v) is 11.7. The first-order valence-corrected chi connectivity index (χ1v) is 7.16. The van der Waals surface area contributed by atoms with Gasteiger partial charge in [0.05, 0.1) is 5.56 Å². The summed E-state index contributed by atoms with van der Waals surface area (Å²) in [5, 5.41) is 0. The summed E-state index contributed by atoms with van der Waals surface area (Å²) in [6.07, 6.45) is 8.63. The third-order valence-electron chi connectivity index (χ3n) is 4.05. The molecule has 2 aromatic heterocycles. The Hall–Kier alpha value is -1.88. The van der Waals surface area contributed by atoms with Crippen molar-refractivity contribution in [1.29, 1.82) is 0 Å². The number of rotatable bonds is 2. The number of likely N-dealkylation sites (tertiary alicyclic amines) is 1. The summed E-state index contributed by atoms with van der Waals surface area (Å²) in [6.45, 7) is 2.78. The first-order chi connectivity index (χ1) is 9.66. The van der Waals surface area contributed by atoms with Crippen molar-refractivity contribution >= 4 is 11.6 Å². The third-order valence-corrected chi connectivity index (χ3v) is 4.05. The van der Waals surface area contributed by atoms with E-state index >= 15 is 0 Å². The molecule has 2 N–H and O–H groups in total. The molecule has 0 bridgehead atoms. The van der Waals surface area contributed by atoms with Crippen molar-refractivity contribution in [3.8, 4) is 0 Å². The molecule has 1 fully saturated rings. The van der Waals surface area contributed by atoms with Crippen molar-refractivity contribution in [2.24, 2.45) is 5.73 Å². The fourth-order valence-corrected chi connectivity index (χ4v) is 2.97. The summed E-state index contributed by atoms with van der Waals surface area (Å²) in [7, 11) is 0. The molecule has 2 aromatic rings. The summed E-state index contributed by atoms with van der Waals surface area (Å²) in [5.74, 6) is 0.0719. The molecular formula is C15H20N4O. The maximum Gasteiger partial charge on any atom is 0.255 e. The highest BCUT2D eigenvalue weighted by atomic mass is 16.2. The molecule has 20 heavy (non-hydrogen) atoms. The topological polar surface area (TPSA) is 63.6 Å². The second-order valence-corrected chi connectivity index (χ2v) is 5.53. The van der Waals surface area contributed by atoms with Crippen LogP contribution >= 0.6 is 0 Å². The highest BCUT2D eigenvalue weighted by molar-refractivity contribution is 5.94. The molecule has 1 aliphatic heterocycles. The zero-order chi connectivity index (χ0) is 14.1. The molecule has 0 unspecified atom stereocenters. The number of fused-ring (bicyclic) bond motifs is 1. The number of hydrogen-bond donors (Lipinski definition) is 1. The van der Waals surface area contributed by atoms with Gasteiger partial charge in [-0.2, -0.15) is 0 Å². The second kappa shape index (κ2) is 5.25. The van der Waals surface area contributed by atoms with E-state index in [2.05, 4.69) is 4.98 Å². The van der Waals surface area contributed by atoms with Crippen LogP contribution in [0.4, 0.5) is 0 Å². The summed E-state index contributed by atoms with van der Waals surface area (Å²) in [4.78, 5) is 18.8. The number of carbonyl (C=O) groups is 1. The molecule has 1 aliphatic rings. The fourth-order valence-electron chi connectivity index (χ4n) is 2.97. The van der Waals surface area contributed by atoms with Crippen LogP contribution in [0.3, 0.4) is 0 Å². The smallest absolute Gasteiger partial charge is 0.255 e. The second-order valence-electron chi connectivity index (χ2n) is 5.53. The number of aromatic nitrogens is 2. The first kappa shape index (κ1) is 13.1. The van der Waals surface area contributed by atoms with Crippen LogP contribution in [0, 0.1) is 0 Å². The maximum atomic E-state index is 12.7. The van der Waals surface area contributed by atoms with Gasteiger partial charge >= 0.3 is 0 Å². The van der Waals surface area contributed by atoms with Crippen LogP contribution in [0.25, 0.3) is 5.65 Å². The fraction of sp³-hybridized carbons (Fsp3) is 0.467. The van der Waals surface area contributed by atoms with E-state index in [0.29, 0.717) is 5.56 Å². The number of piperidine rings is 1. The Morgan fingerprint density at radius 2 is 2.30 bits per heavy atom. The van der Waals surface area contributed by atoms with Gasteiger partial charge in [-0.25, -0.2) is 4.98 Å². The SMILES string of the molecule is C[C@H](N)[C@@H]1CCCCN1C(=O)c1ccc2nccn2c1. The monoisotopic (exact) mass is 272 g/mol. The van der Waals surface area contributed by atoms with Crippen LogP contribution in [0.1, 0.15) is 36.5 Å².